The first kappa shape index (κ1) is 19.9. The monoisotopic (exact) mass is 424 g/mol. The second kappa shape index (κ2) is 8.98. The largest absolute Gasteiger partial charge is 0.393 e. The summed E-state index contributed by atoms with van der Waals surface area (Å²) in [5.74, 6) is 1.80. The minimum Gasteiger partial charge on any atom is -0.393 e. The Morgan fingerprint density at radius 1 is 1.07 bits per heavy atom. The number of benzene rings is 1. The number of thiophene rings is 1. The summed E-state index contributed by atoms with van der Waals surface area (Å²) in [6, 6.07) is 10.8. The second-order valence-electron chi connectivity index (χ2n) is 8.22. The van der Waals surface area contributed by atoms with Crippen molar-refractivity contribution >= 4 is 27.4 Å². The molecule has 0 amide bonds. The number of nitrogens with zero attached hydrogens (tertiary/aromatic N) is 3. The van der Waals surface area contributed by atoms with E-state index in [1.54, 1.807) is 11.3 Å². The summed E-state index contributed by atoms with van der Waals surface area (Å²) >= 11 is 1.69. The van der Waals surface area contributed by atoms with Gasteiger partial charge in [-0.3, -0.25) is 4.90 Å². The van der Waals surface area contributed by atoms with E-state index in [1.807, 2.05) is 6.07 Å². The van der Waals surface area contributed by atoms with Crippen molar-refractivity contribution in [1.82, 2.24) is 14.9 Å². The molecular weight excluding hydrogens is 396 g/mol. The fraction of sp³-hybridized carbons (Fsp3) is 0.478. The topological polar surface area (TPSA) is 70.5 Å². The van der Waals surface area contributed by atoms with Gasteiger partial charge in [-0.1, -0.05) is 30.3 Å². The third-order valence-corrected chi connectivity index (χ3v) is 6.94. The number of rotatable bonds is 5. The van der Waals surface area contributed by atoms with Gasteiger partial charge in [-0.05, 0) is 31.2 Å². The molecule has 0 spiro atoms. The first-order chi connectivity index (χ1) is 14.8. The lowest BCUT2D eigenvalue weighted by Crippen LogP contribution is -2.36. The molecule has 1 aliphatic carbocycles. The maximum Gasteiger partial charge on any atom is 0.146 e. The fourth-order valence-corrected chi connectivity index (χ4v) is 5.33. The molecular formula is C23H28N4O2S. The van der Waals surface area contributed by atoms with E-state index in [1.165, 1.54) is 11.1 Å². The van der Waals surface area contributed by atoms with E-state index in [2.05, 4.69) is 39.9 Å². The molecule has 7 heteroatoms. The number of hydrogen-bond donors (Lipinski definition) is 2. The first-order valence-corrected chi connectivity index (χ1v) is 11.7. The van der Waals surface area contributed by atoms with E-state index in [4.69, 9.17) is 14.7 Å². The quantitative estimate of drug-likeness (QED) is 0.647. The minimum absolute atomic E-state index is 0.161. The Morgan fingerprint density at radius 2 is 1.83 bits per heavy atom. The van der Waals surface area contributed by atoms with Crippen LogP contribution in [0.1, 0.15) is 31.5 Å². The summed E-state index contributed by atoms with van der Waals surface area (Å²) in [5, 5.41) is 16.9. The molecule has 5 rings (SSSR count). The number of hydrogen-bond acceptors (Lipinski definition) is 7. The van der Waals surface area contributed by atoms with Crippen LogP contribution in [0.5, 0.6) is 0 Å². The number of nitrogens with one attached hydrogen (secondary N) is 1. The van der Waals surface area contributed by atoms with Gasteiger partial charge < -0.3 is 15.2 Å². The van der Waals surface area contributed by atoms with Crippen molar-refractivity contribution in [2.75, 3.05) is 31.6 Å². The first-order valence-electron chi connectivity index (χ1n) is 10.8. The Hall–Kier alpha value is -2.06. The Morgan fingerprint density at radius 3 is 2.60 bits per heavy atom. The minimum atomic E-state index is -0.161. The van der Waals surface area contributed by atoms with Crippen molar-refractivity contribution in [2.24, 2.45) is 0 Å². The molecule has 3 heterocycles. The molecule has 2 fully saturated rings. The molecule has 0 bridgehead atoms. The number of morpholine rings is 1. The van der Waals surface area contributed by atoms with Crippen LogP contribution in [0.2, 0.25) is 0 Å². The fourth-order valence-electron chi connectivity index (χ4n) is 4.36. The smallest absolute Gasteiger partial charge is 0.146 e. The molecule has 6 nitrogen and oxygen atoms in total. The van der Waals surface area contributed by atoms with Crippen molar-refractivity contribution in [3.05, 3.63) is 41.5 Å². The lowest BCUT2D eigenvalue weighted by Gasteiger charge is -2.28. The van der Waals surface area contributed by atoms with E-state index in [9.17, 15) is 5.11 Å². The number of ether oxygens (including phenoxy) is 1. The number of aliphatic hydroxyl groups excluding tert-OH is 1. The lowest BCUT2D eigenvalue weighted by atomic mass is 9.93. The van der Waals surface area contributed by atoms with Crippen LogP contribution in [-0.2, 0) is 11.3 Å². The Bertz CT molecular complexity index is 980. The zero-order chi connectivity index (χ0) is 20.3. The number of anilines is 1. The average molecular weight is 425 g/mol. The highest BCUT2D eigenvalue weighted by molar-refractivity contribution is 7.17. The maximum atomic E-state index is 9.88. The summed E-state index contributed by atoms with van der Waals surface area (Å²) in [5.41, 5.74) is 2.38. The van der Waals surface area contributed by atoms with Gasteiger partial charge in [-0.25, -0.2) is 9.97 Å². The van der Waals surface area contributed by atoms with Crippen molar-refractivity contribution < 1.29 is 9.84 Å². The van der Waals surface area contributed by atoms with Crippen molar-refractivity contribution in [2.45, 2.75) is 44.4 Å². The van der Waals surface area contributed by atoms with Crippen LogP contribution in [0.3, 0.4) is 0 Å². The van der Waals surface area contributed by atoms with Crippen LogP contribution in [-0.4, -0.2) is 58.4 Å². The Labute approximate surface area is 180 Å². The van der Waals surface area contributed by atoms with Crippen LogP contribution in [0.25, 0.3) is 21.3 Å². The highest BCUT2D eigenvalue weighted by atomic mass is 32.1. The number of aromatic nitrogens is 2. The van der Waals surface area contributed by atoms with Crippen LogP contribution < -0.4 is 5.32 Å². The third-order valence-electron chi connectivity index (χ3n) is 6.07. The number of aliphatic hydroxyl groups is 1. The van der Waals surface area contributed by atoms with E-state index in [0.29, 0.717) is 6.04 Å². The summed E-state index contributed by atoms with van der Waals surface area (Å²) in [6.45, 7) is 4.13. The van der Waals surface area contributed by atoms with Gasteiger partial charge in [0.25, 0.3) is 0 Å². The average Bonchev–Trinajstić information content (AvgIpc) is 3.21. The summed E-state index contributed by atoms with van der Waals surface area (Å²) in [4.78, 5) is 13.3. The predicted octanol–water partition coefficient (Wildman–Crippen LogP) is 3.91. The van der Waals surface area contributed by atoms with Gasteiger partial charge in [0.1, 0.15) is 16.5 Å². The van der Waals surface area contributed by atoms with Crippen LogP contribution in [0.15, 0.2) is 35.7 Å². The van der Waals surface area contributed by atoms with Crippen LogP contribution in [0, 0.1) is 0 Å². The lowest BCUT2D eigenvalue weighted by molar-refractivity contribution is 0.0331. The van der Waals surface area contributed by atoms with Crippen molar-refractivity contribution in [3.63, 3.8) is 0 Å². The molecule has 2 N–H and O–H groups in total. The van der Waals surface area contributed by atoms with Crippen LogP contribution in [0.4, 0.5) is 5.82 Å². The zero-order valence-electron chi connectivity index (χ0n) is 17.1. The normalized spacial score (nSPS) is 23.0. The van der Waals surface area contributed by atoms with E-state index >= 15 is 0 Å². The standard InChI is InChI=1S/C23H28N4O2S/c28-18-8-6-17(7-9-18)24-22-21-19(16-4-2-1-3-5-16)15-30-23(21)26-20(25-22)14-27-10-12-29-13-11-27/h1-5,15,17-18,28H,6-14H2,(H,24,25,26). The molecule has 1 saturated heterocycles. The third kappa shape index (κ3) is 4.34. The molecule has 2 aliphatic rings. The SMILES string of the molecule is OC1CCC(Nc2nc(CN3CCOCC3)nc3scc(-c4ccccc4)c23)CC1. The summed E-state index contributed by atoms with van der Waals surface area (Å²) < 4.78 is 5.48. The molecule has 3 aromatic rings. The summed E-state index contributed by atoms with van der Waals surface area (Å²) in [6.07, 6.45) is 3.47. The Kier molecular flexibility index (Phi) is 5.95. The van der Waals surface area contributed by atoms with E-state index in [0.717, 1.165) is 80.4 Å². The van der Waals surface area contributed by atoms with Gasteiger partial charge in [0.15, 0.2) is 0 Å². The van der Waals surface area contributed by atoms with E-state index in [-0.39, 0.29) is 6.10 Å². The van der Waals surface area contributed by atoms with Crippen molar-refractivity contribution in [3.8, 4) is 11.1 Å². The highest BCUT2D eigenvalue weighted by Gasteiger charge is 2.23. The van der Waals surface area contributed by atoms with Gasteiger partial charge >= 0.3 is 0 Å². The second-order valence-corrected chi connectivity index (χ2v) is 9.08. The van der Waals surface area contributed by atoms with Crippen molar-refractivity contribution in [1.29, 1.82) is 0 Å². The molecule has 0 radical (unpaired) electrons. The molecule has 1 aliphatic heterocycles. The molecule has 1 saturated carbocycles. The molecule has 0 atom stereocenters. The maximum absolute atomic E-state index is 9.88. The molecule has 1 aromatic carbocycles. The van der Waals surface area contributed by atoms with Gasteiger partial charge in [0.05, 0.1) is 31.2 Å². The van der Waals surface area contributed by atoms with Gasteiger partial charge in [0.2, 0.25) is 0 Å². The van der Waals surface area contributed by atoms with Gasteiger partial charge in [0, 0.05) is 30.1 Å². The van der Waals surface area contributed by atoms with Gasteiger partial charge in [-0.2, -0.15) is 0 Å². The number of fused-ring (bicyclic) bond motifs is 1. The zero-order valence-corrected chi connectivity index (χ0v) is 17.9. The van der Waals surface area contributed by atoms with Gasteiger partial charge in [-0.15, -0.1) is 11.3 Å². The molecule has 158 valence electrons. The molecule has 2 aromatic heterocycles. The predicted molar refractivity (Wildman–Crippen MR) is 121 cm³/mol. The Balaban J connectivity index is 1.51. The summed E-state index contributed by atoms with van der Waals surface area (Å²) in [7, 11) is 0. The van der Waals surface area contributed by atoms with Crippen LogP contribution >= 0.6 is 11.3 Å². The molecule has 30 heavy (non-hydrogen) atoms. The highest BCUT2D eigenvalue weighted by Crippen LogP contribution is 2.38. The molecule has 0 unspecified atom stereocenters. The van der Waals surface area contributed by atoms with E-state index < -0.39 is 0 Å².